The van der Waals surface area contributed by atoms with Gasteiger partial charge in [0, 0.05) is 18.7 Å². The van der Waals surface area contributed by atoms with E-state index < -0.39 is 0 Å². The molecule has 2 atom stereocenters. The molecular weight excluding hydrogens is 296 g/mol. The third-order valence-corrected chi connectivity index (χ3v) is 6.41. The number of nitrogens with zero attached hydrogens (tertiary/aromatic N) is 1. The molecule has 1 N–H and O–H groups in total. The van der Waals surface area contributed by atoms with E-state index in [2.05, 4.69) is 40.5 Å². The lowest BCUT2D eigenvalue weighted by Gasteiger charge is -2.22. The van der Waals surface area contributed by atoms with E-state index >= 15 is 0 Å². The van der Waals surface area contributed by atoms with Crippen LogP contribution in [0.25, 0.3) is 10.8 Å². The zero-order chi connectivity index (χ0) is 16.1. The van der Waals surface area contributed by atoms with Crippen LogP contribution < -0.4 is 5.32 Å². The number of aryl methyl sites for hydroxylation is 2. The van der Waals surface area contributed by atoms with Crippen LogP contribution >= 0.6 is 0 Å². The Morgan fingerprint density at radius 2 is 1.67 bits per heavy atom. The van der Waals surface area contributed by atoms with Crippen molar-refractivity contribution in [1.29, 1.82) is 0 Å². The standard InChI is InChI=1S/C21H24N2O/c24-21(23-10-8-16-12-22-13-17(16)9-11-23)19-7-6-15-5-4-14-2-1-3-18(19)20(14)15/h1-3,6-7,16-17,22H,4-5,8-13H2/t16-,17+. The van der Waals surface area contributed by atoms with Crippen LogP contribution in [0.4, 0.5) is 0 Å². The smallest absolute Gasteiger partial charge is 0.254 e. The molecule has 2 aromatic carbocycles. The first kappa shape index (κ1) is 14.5. The van der Waals surface area contributed by atoms with Gasteiger partial charge in [0.2, 0.25) is 0 Å². The Hall–Kier alpha value is -1.87. The minimum atomic E-state index is 0.235. The molecule has 0 unspecified atom stereocenters. The summed E-state index contributed by atoms with van der Waals surface area (Å²) in [4.78, 5) is 15.3. The second-order valence-corrected chi connectivity index (χ2v) is 7.66. The van der Waals surface area contributed by atoms with Gasteiger partial charge in [0.1, 0.15) is 0 Å². The van der Waals surface area contributed by atoms with Crippen LogP contribution in [-0.2, 0) is 12.8 Å². The quantitative estimate of drug-likeness (QED) is 0.876. The second-order valence-electron chi connectivity index (χ2n) is 7.66. The topological polar surface area (TPSA) is 32.3 Å². The van der Waals surface area contributed by atoms with E-state index in [1.165, 1.54) is 21.9 Å². The highest BCUT2D eigenvalue weighted by molar-refractivity contribution is 6.09. The Balaban J connectivity index is 1.48. The Kier molecular flexibility index (Phi) is 3.37. The normalized spacial score (nSPS) is 25.8. The van der Waals surface area contributed by atoms with E-state index in [9.17, 15) is 4.79 Å². The molecule has 3 heteroatoms. The maximum Gasteiger partial charge on any atom is 0.254 e. The van der Waals surface area contributed by atoms with E-state index in [1.54, 1.807) is 0 Å². The van der Waals surface area contributed by atoms with E-state index in [0.29, 0.717) is 0 Å². The third-order valence-electron chi connectivity index (χ3n) is 6.41. The Morgan fingerprint density at radius 3 is 2.42 bits per heavy atom. The summed E-state index contributed by atoms with van der Waals surface area (Å²) in [7, 11) is 0. The van der Waals surface area contributed by atoms with Gasteiger partial charge < -0.3 is 10.2 Å². The van der Waals surface area contributed by atoms with Crippen LogP contribution in [0.2, 0.25) is 0 Å². The summed E-state index contributed by atoms with van der Waals surface area (Å²) in [6.07, 6.45) is 4.52. The van der Waals surface area contributed by atoms with Gasteiger partial charge in [0.05, 0.1) is 0 Å². The molecule has 2 saturated heterocycles. The van der Waals surface area contributed by atoms with Gasteiger partial charge in [0.15, 0.2) is 0 Å². The molecule has 2 aromatic rings. The fourth-order valence-electron chi connectivity index (χ4n) is 5.02. The number of benzene rings is 2. The highest BCUT2D eigenvalue weighted by Crippen LogP contribution is 2.34. The van der Waals surface area contributed by atoms with Crippen molar-refractivity contribution >= 4 is 16.7 Å². The first-order chi connectivity index (χ1) is 11.8. The van der Waals surface area contributed by atoms with Crippen molar-refractivity contribution in [3.8, 4) is 0 Å². The maximum absolute atomic E-state index is 13.2. The van der Waals surface area contributed by atoms with Crippen LogP contribution in [0, 0.1) is 11.8 Å². The number of nitrogens with one attached hydrogen (secondary N) is 1. The number of fused-ring (bicyclic) bond motifs is 1. The highest BCUT2D eigenvalue weighted by atomic mass is 16.2. The average molecular weight is 320 g/mol. The number of amides is 1. The van der Waals surface area contributed by atoms with Crippen LogP contribution in [0.3, 0.4) is 0 Å². The molecule has 2 aliphatic heterocycles. The molecule has 24 heavy (non-hydrogen) atoms. The molecule has 0 radical (unpaired) electrons. The van der Waals surface area contributed by atoms with Gasteiger partial charge in [-0.05, 0) is 78.6 Å². The summed E-state index contributed by atoms with van der Waals surface area (Å²) in [5.74, 6) is 1.75. The maximum atomic E-state index is 13.2. The molecule has 0 spiro atoms. The number of carbonyl (C=O) groups excluding carboxylic acids is 1. The lowest BCUT2D eigenvalue weighted by atomic mass is 9.92. The fraction of sp³-hybridized carbons (Fsp3) is 0.476. The lowest BCUT2D eigenvalue weighted by Crippen LogP contribution is -2.32. The zero-order valence-corrected chi connectivity index (χ0v) is 14.1. The van der Waals surface area contributed by atoms with Crippen LogP contribution in [0.15, 0.2) is 30.3 Å². The van der Waals surface area contributed by atoms with Gasteiger partial charge in [-0.2, -0.15) is 0 Å². The van der Waals surface area contributed by atoms with Gasteiger partial charge in [-0.1, -0.05) is 24.3 Å². The summed E-state index contributed by atoms with van der Waals surface area (Å²) in [6, 6.07) is 10.7. The summed E-state index contributed by atoms with van der Waals surface area (Å²) in [6.45, 7) is 4.08. The van der Waals surface area contributed by atoms with Gasteiger partial charge >= 0.3 is 0 Å². The number of rotatable bonds is 1. The van der Waals surface area contributed by atoms with Crippen molar-refractivity contribution in [1.82, 2.24) is 10.2 Å². The molecule has 0 aromatic heterocycles. The molecule has 2 heterocycles. The number of likely N-dealkylation sites (tertiary alicyclic amines) is 1. The molecule has 1 amide bonds. The van der Waals surface area contributed by atoms with Gasteiger partial charge in [-0.25, -0.2) is 0 Å². The monoisotopic (exact) mass is 320 g/mol. The third kappa shape index (κ3) is 2.18. The molecule has 2 fully saturated rings. The zero-order valence-electron chi connectivity index (χ0n) is 14.1. The van der Waals surface area contributed by atoms with Crippen LogP contribution in [-0.4, -0.2) is 37.0 Å². The molecule has 3 nitrogen and oxygen atoms in total. The van der Waals surface area contributed by atoms with Crippen molar-refractivity contribution in [2.45, 2.75) is 25.7 Å². The van der Waals surface area contributed by atoms with Crippen LogP contribution in [0.1, 0.15) is 34.3 Å². The molecule has 3 aliphatic rings. The molecule has 124 valence electrons. The molecule has 0 bridgehead atoms. The van der Waals surface area contributed by atoms with Crippen molar-refractivity contribution < 1.29 is 4.79 Å². The lowest BCUT2D eigenvalue weighted by molar-refractivity contribution is 0.0760. The molecule has 0 saturated carbocycles. The van der Waals surface area contributed by atoms with Crippen molar-refractivity contribution in [3.63, 3.8) is 0 Å². The van der Waals surface area contributed by atoms with E-state index in [4.69, 9.17) is 0 Å². The summed E-state index contributed by atoms with van der Waals surface area (Å²) >= 11 is 0. The van der Waals surface area contributed by atoms with Crippen molar-refractivity contribution in [3.05, 3.63) is 47.0 Å². The summed E-state index contributed by atoms with van der Waals surface area (Å²) < 4.78 is 0. The minimum absolute atomic E-state index is 0.235. The Bertz CT molecular complexity index is 789. The average Bonchev–Trinajstić information content (AvgIpc) is 3.19. The minimum Gasteiger partial charge on any atom is -0.339 e. The Morgan fingerprint density at radius 1 is 0.958 bits per heavy atom. The molecular formula is C21H24N2O. The first-order valence-electron chi connectivity index (χ1n) is 9.35. The van der Waals surface area contributed by atoms with E-state index in [1.807, 2.05) is 0 Å². The van der Waals surface area contributed by atoms with E-state index in [0.717, 1.165) is 69.3 Å². The van der Waals surface area contributed by atoms with Crippen molar-refractivity contribution in [2.24, 2.45) is 11.8 Å². The summed E-state index contributed by atoms with van der Waals surface area (Å²) in [5, 5.41) is 6.02. The number of hydrogen-bond donors (Lipinski definition) is 1. The number of carbonyl (C=O) groups is 1. The van der Waals surface area contributed by atoms with Gasteiger partial charge in [-0.3, -0.25) is 4.79 Å². The fourth-order valence-corrected chi connectivity index (χ4v) is 5.02. The number of hydrogen-bond acceptors (Lipinski definition) is 2. The Labute approximate surface area is 143 Å². The predicted octanol–water partition coefficient (Wildman–Crippen LogP) is 3.01. The summed E-state index contributed by atoms with van der Waals surface area (Å²) in [5.41, 5.74) is 3.73. The predicted molar refractivity (Wildman–Crippen MR) is 96.3 cm³/mol. The van der Waals surface area contributed by atoms with Gasteiger partial charge in [0.25, 0.3) is 5.91 Å². The molecule has 1 aliphatic carbocycles. The first-order valence-corrected chi connectivity index (χ1v) is 9.35. The van der Waals surface area contributed by atoms with Crippen LogP contribution in [0.5, 0.6) is 0 Å². The second kappa shape index (κ2) is 5.59. The SMILES string of the molecule is O=C(c1ccc2c3c(cccc13)CC2)N1CC[C@@H]2CNC[C@@H]2CC1. The van der Waals surface area contributed by atoms with Crippen molar-refractivity contribution in [2.75, 3.05) is 26.2 Å². The van der Waals surface area contributed by atoms with E-state index in [-0.39, 0.29) is 5.91 Å². The largest absolute Gasteiger partial charge is 0.339 e. The highest BCUT2D eigenvalue weighted by Gasteiger charge is 2.32. The molecule has 5 rings (SSSR count). The van der Waals surface area contributed by atoms with Gasteiger partial charge in [-0.15, -0.1) is 0 Å².